The number of anilines is 1. The Balaban J connectivity index is 1.81. The Morgan fingerprint density at radius 3 is 2.46 bits per heavy atom. The molecule has 0 fully saturated rings. The van der Waals surface area contributed by atoms with Crippen LogP contribution in [0.3, 0.4) is 0 Å². The van der Waals surface area contributed by atoms with E-state index in [2.05, 4.69) is 24.9 Å². The zero-order chi connectivity index (χ0) is 19.9. The Labute approximate surface area is 173 Å². The van der Waals surface area contributed by atoms with Crippen LogP contribution in [0, 0.1) is 0 Å². The van der Waals surface area contributed by atoms with Gasteiger partial charge in [-0.2, -0.15) is 0 Å². The van der Waals surface area contributed by atoms with Crippen molar-refractivity contribution >= 4 is 46.3 Å². The van der Waals surface area contributed by atoms with Gasteiger partial charge in [-0.1, -0.05) is 35.9 Å². The Morgan fingerprint density at radius 2 is 1.75 bits per heavy atom. The van der Waals surface area contributed by atoms with Crippen LogP contribution >= 0.6 is 23.5 Å². The number of aromatic nitrogens is 2. The molecule has 3 aromatic rings. The van der Waals surface area contributed by atoms with E-state index in [1.807, 2.05) is 62.6 Å². The summed E-state index contributed by atoms with van der Waals surface area (Å²) in [4.78, 5) is 24.8. The molecule has 146 valence electrons. The standard InChI is InChI=1S/C20H22ClN5OS/c1-26(2)13-7-12-22-20(27)18-19(24-16-10-5-4-9-15(16)23-18)25-28-17-11-6-3-8-14(17)21/h3-6,8-11H,7,12-13H2,1-2H3,(H,22,27)(H,24,25). The molecule has 1 heterocycles. The lowest BCUT2D eigenvalue weighted by molar-refractivity contribution is 0.0948. The largest absolute Gasteiger partial charge is 0.351 e. The fourth-order valence-electron chi connectivity index (χ4n) is 2.54. The molecule has 6 nitrogen and oxygen atoms in total. The Kier molecular flexibility index (Phi) is 7.08. The minimum absolute atomic E-state index is 0.251. The lowest BCUT2D eigenvalue weighted by Crippen LogP contribution is -2.28. The molecular weight excluding hydrogens is 394 g/mol. The molecule has 0 aliphatic rings. The van der Waals surface area contributed by atoms with Crippen molar-refractivity contribution in [1.82, 2.24) is 20.2 Å². The number of para-hydroxylation sites is 2. The summed E-state index contributed by atoms with van der Waals surface area (Å²) >= 11 is 7.52. The van der Waals surface area contributed by atoms with Crippen molar-refractivity contribution in [3.63, 3.8) is 0 Å². The predicted molar refractivity (Wildman–Crippen MR) is 116 cm³/mol. The van der Waals surface area contributed by atoms with Crippen molar-refractivity contribution in [2.75, 3.05) is 31.9 Å². The van der Waals surface area contributed by atoms with Gasteiger partial charge < -0.3 is 14.9 Å². The number of benzene rings is 2. The molecule has 8 heteroatoms. The summed E-state index contributed by atoms with van der Waals surface area (Å²) in [5.41, 5.74) is 1.66. The minimum Gasteiger partial charge on any atom is -0.351 e. The number of nitrogens with one attached hydrogen (secondary N) is 2. The molecule has 0 aliphatic heterocycles. The van der Waals surface area contributed by atoms with Gasteiger partial charge in [-0.3, -0.25) is 4.79 Å². The second kappa shape index (κ2) is 9.73. The SMILES string of the molecule is CN(C)CCCNC(=O)c1nc2ccccc2nc1NSc1ccccc1Cl. The third kappa shape index (κ3) is 5.34. The maximum Gasteiger partial charge on any atom is 0.273 e. The summed E-state index contributed by atoms with van der Waals surface area (Å²) in [7, 11) is 4.01. The number of hydrogen-bond donors (Lipinski definition) is 2. The first-order valence-electron chi connectivity index (χ1n) is 8.91. The highest BCUT2D eigenvalue weighted by Gasteiger charge is 2.17. The quantitative estimate of drug-likeness (QED) is 0.426. The normalized spacial score (nSPS) is 11.0. The van der Waals surface area contributed by atoms with Crippen LogP contribution in [0.2, 0.25) is 5.02 Å². The van der Waals surface area contributed by atoms with Crippen LogP contribution in [0.25, 0.3) is 11.0 Å². The molecule has 0 saturated heterocycles. The molecule has 0 spiro atoms. The number of hydrogen-bond acceptors (Lipinski definition) is 6. The molecule has 2 N–H and O–H groups in total. The average Bonchev–Trinajstić information content (AvgIpc) is 2.69. The van der Waals surface area contributed by atoms with Crippen LogP contribution in [-0.2, 0) is 0 Å². The minimum atomic E-state index is -0.251. The molecule has 0 atom stereocenters. The van der Waals surface area contributed by atoms with Crippen LogP contribution in [0.1, 0.15) is 16.9 Å². The van der Waals surface area contributed by atoms with E-state index in [0.29, 0.717) is 28.4 Å². The number of rotatable bonds is 8. The molecule has 0 bridgehead atoms. The van der Waals surface area contributed by atoms with E-state index in [4.69, 9.17) is 11.6 Å². The smallest absolute Gasteiger partial charge is 0.273 e. The first-order valence-corrected chi connectivity index (χ1v) is 10.1. The second-order valence-corrected chi connectivity index (χ2v) is 7.71. The van der Waals surface area contributed by atoms with Crippen LogP contribution in [-0.4, -0.2) is 48.0 Å². The molecule has 0 radical (unpaired) electrons. The van der Waals surface area contributed by atoms with E-state index < -0.39 is 0 Å². The molecule has 1 aromatic heterocycles. The van der Waals surface area contributed by atoms with Gasteiger partial charge in [0.1, 0.15) is 0 Å². The number of nitrogens with zero attached hydrogens (tertiary/aromatic N) is 3. The van der Waals surface area contributed by atoms with Gasteiger partial charge in [0.25, 0.3) is 5.91 Å². The molecular formula is C20H22ClN5OS. The van der Waals surface area contributed by atoms with Gasteiger partial charge in [0.2, 0.25) is 0 Å². The van der Waals surface area contributed by atoms with Crippen LogP contribution in [0.4, 0.5) is 5.82 Å². The lowest BCUT2D eigenvalue weighted by atomic mass is 10.2. The predicted octanol–water partition coefficient (Wildman–Crippen LogP) is 4.08. The van der Waals surface area contributed by atoms with Gasteiger partial charge in [-0.25, -0.2) is 9.97 Å². The van der Waals surface area contributed by atoms with Gasteiger partial charge in [0.15, 0.2) is 11.5 Å². The van der Waals surface area contributed by atoms with Gasteiger partial charge in [0.05, 0.1) is 16.1 Å². The summed E-state index contributed by atoms with van der Waals surface area (Å²) < 4.78 is 3.14. The van der Waals surface area contributed by atoms with Crippen molar-refractivity contribution in [3.05, 3.63) is 59.2 Å². The molecule has 0 aliphatic carbocycles. The summed E-state index contributed by atoms with van der Waals surface area (Å²) in [6, 6.07) is 15.0. The van der Waals surface area contributed by atoms with Crippen LogP contribution in [0.15, 0.2) is 53.4 Å². The van der Waals surface area contributed by atoms with Crippen molar-refractivity contribution in [3.8, 4) is 0 Å². The number of carbonyl (C=O) groups is 1. The fraction of sp³-hybridized carbons (Fsp3) is 0.250. The van der Waals surface area contributed by atoms with Gasteiger partial charge in [0, 0.05) is 11.4 Å². The summed E-state index contributed by atoms with van der Waals surface area (Å²) in [6.07, 6.45) is 0.858. The molecule has 0 unspecified atom stereocenters. The monoisotopic (exact) mass is 415 g/mol. The second-order valence-electron chi connectivity index (χ2n) is 6.46. The topological polar surface area (TPSA) is 70.2 Å². The van der Waals surface area contributed by atoms with Gasteiger partial charge in [-0.05, 0) is 63.3 Å². The highest BCUT2D eigenvalue weighted by Crippen LogP contribution is 2.28. The summed E-state index contributed by atoms with van der Waals surface area (Å²) in [6.45, 7) is 1.47. The van der Waals surface area contributed by atoms with Crippen molar-refractivity contribution in [1.29, 1.82) is 0 Å². The van der Waals surface area contributed by atoms with Gasteiger partial charge >= 0.3 is 0 Å². The zero-order valence-electron chi connectivity index (χ0n) is 15.8. The van der Waals surface area contributed by atoms with Crippen LogP contribution in [0.5, 0.6) is 0 Å². The highest BCUT2D eigenvalue weighted by atomic mass is 35.5. The highest BCUT2D eigenvalue weighted by molar-refractivity contribution is 8.00. The van der Waals surface area contributed by atoms with E-state index in [-0.39, 0.29) is 11.6 Å². The lowest BCUT2D eigenvalue weighted by Gasteiger charge is -2.13. The van der Waals surface area contributed by atoms with Crippen molar-refractivity contribution in [2.45, 2.75) is 11.3 Å². The number of amides is 1. The first-order chi connectivity index (χ1) is 13.5. The average molecular weight is 416 g/mol. The van der Waals surface area contributed by atoms with Gasteiger partial charge in [-0.15, -0.1) is 0 Å². The van der Waals surface area contributed by atoms with Crippen molar-refractivity contribution < 1.29 is 4.79 Å². The molecule has 3 rings (SSSR count). The maximum absolute atomic E-state index is 12.7. The molecule has 1 amide bonds. The van der Waals surface area contributed by atoms with E-state index in [1.54, 1.807) is 0 Å². The summed E-state index contributed by atoms with van der Waals surface area (Å²) in [5.74, 6) is 0.160. The third-order valence-electron chi connectivity index (χ3n) is 3.95. The van der Waals surface area contributed by atoms with Crippen molar-refractivity contribution in [2.24, 2.45) is 0 Å². The number of fused-ring (bicyclic) bond motifs is 1. The maximum atomic E-state index is 12.7. The molecule has 28 heavy (non-hydrogen) atoms. The Hall–Kier alpha value is -2.35. The fourth-order valence-corrected chi connectivity index (χ4v) is 3.45. The van der Waals surface area contributed by atoms with E-state index in [0.717, 1.165) is 17.9 Å². The third-order valence-corrected chi connectivity index (χ3v) is 5.26. The van der Waals surface area contributed by atoms with E-state index >= 15 is 0 Å². The molecule has 2 aromatic carbocycles. The van der Waals surface area contributed by atoms with E-state index in [9.17, 15) is 4.79 Å². The number of carbonyl (C=O) groups excluding carboxylic acids is 1. The zero-order valence-corrected chi connectivity index (χ0v) is 17.3. The molecule has 0 saturated carbocycles. The Morgan fingerprint density at radius 1 is 1.07 bits per heavy atom. The summed E-state index contributed by atoms with van der Waals surface area (Å²) in [5, 5.41) is 3.55. The number of halogens is 1. The first kappa shape index (κ1) is 20.4. The van der Waals surface area contributed by atoms with E-state index in [1.165, 1.54) is 11.9 Å². The Bertz CT molecular complexity index is 966. The van der Waals surface area contributed by atoms with Crippen LogP contribution < -0.4 is 10.0 Å².